The number of carbonyl (C=O) groups is 2. The number of alkyl carbamates (subject to hydrolysis) is 1. The lowest BCUT2D eigenvalue weighted by Crippen LogP contribution is -2.51. The second kappa shape index (κ2) is 6.87. The van der Waals surface area contributed by atoms with Gasteiger partial charge in [-0.15, -0.1) is 6.58 Å². The third-order valence-electron chi connectivity index (χ3n) is 2.13. The van der Waals surface area contributed by atoms with E-state index in [4.69, 9.17) is 0 Å². The van der Waals surface area contributed by atoms with Crippen molar-refractivity contribution >= 4 is 12.0 Å². The summed E-state index contributed by atoms with van der Waals surface area (Å²) in [5, 5.41) is 5.20. The predicted octanol–water partition coefficient (Wildman–Crippen LogP) is 1.06. The SMILES string of the molecule is C=C[C@@H](C)NC(=O)[C@H](NC(=O)OC)C(C)C. The molecule has 92 valence electrons. The summed E-state index contributed by atoms with van der Waals surface area (Å²) in [6, 6.07) is -0.733. The molecule has 2 atom stereocenters. The maximum atomic E-state index is 11.8. The van der Waals surface area contributed by atoms with E-state index in [2.05, 4.69) is 21.9 Å². The number of methoxy groups -OCH3 is 1. The summed E-state index contributed by atoms with van der Waals surface area (Å²) in [5.41, 5.74) is 0. The number of ether oxygens (including phenoxy) is 1. The Hall–Kier alpha value is -1.52. The van der Waals surface area contributed by atoms with Gasteiger partial charge in [-0.05, 0) is 12.8 Å². The van der Waals surface area contributed by atoms with Gasteiger partial charge in [-0.2, -0.15) is 0 Å². The zero-order chi connectivity index (χ0) is 12.7. The third-order valence-corrected chi connectivity index (χ3v) is 2.13. The molecule has 0 rings (SSSR count). The lowest BCUT2D eigenvalue weighted by molar-refractivity contribution is -0.124. The van der Waals surface area contributed by atoms with Crippen LogP contribution >= 0.6 is 0 Å². The summed E-state index contributed by atoms with van der Waals surface area (Å²) in [7, 11) is 1.26. The molecule has 16 heavy (non-hydrogen) atoms. The summed E-state index contributed by atoms with van der Waals surface area (Å²) in [6.45, 7) is 9.07. The minimum Gasteiger partial charge on any atom is -0.453 e. The number of carbonyl (C=O) groups excluding carboxylic acids is 2. The highest BCUT2D eigenvalue weighted by molar-refractivity contribution is 5.86. The van der Waals surface area contributed by atoms with E-state index in [9.17, 15) is 9.59 Å². The fourth-order valence-electron chi connectivity index (χ4n) is 1.09. The molecule has 0 aliphatic carbocycles. The summed E-state index contributed by atoms with van der Waals surface area (Å²) in [5.74, 6) is -0.260. The first-order chi connectivity index (χ1) is 7.42. The van der Waals surface area contributed by atoms with E-state index in [0.717, 1.165) is 0 Å². The third kappa shape index (κ3) is 4.82. The molecule has 0 bridgehead atoms. The molecule has 0 aliphatic heterocycles. The first kappa shape index (κ1) is 14.5. The van der Waals surface area contributed by atoms with Gasteiger partial charge in [0.15, 0.2) is 0 Å². The van der Waals surface area contributed by atoms with Crippen LogP contribution in [0.4, 0.5) is 4.79 Å². The molecule has 0 saturated carbocycles. The van der Waals surface area contributed by atoms with Crippen molar-refractivity contribution in [1.29, 1.82) is 0 Å². The Morgan fingerprint density at radius 2 is 1.81 bits per heavy atom. The average molecular weight is 228 g/mol. The van der Waals surface area contributed by atoms with E-state index in [1.54, 1.807) is 13.0 Å². The molecule has 0 unspecified atom stereocenters. The van der Waals surface area contributed by atoms with Crippen LogP contribution in [0.3, 0.4) is 0 Å². The number of nitrogens with one attached hydrogen (secondary N) is 2. The maximum absolute atomic E-state index is 11.8. The predicted molar refractivity (Wildman–Crippen MR) is 62.0 cm³/mol. The first-order valence-corrected chi connectivity index (χ1v) is 5.19. The molecule has 2 amide bonds. The van der Waals surface area contributed by atoms with E-state index in [1.807, 2.05) is 13.8 Å². The molecule has 0 saturated heterocycles. The van der Waals surface area contributed by atoms with E-state index in [0.29, 0.717) is 0 Å². The van der Waals surface area contributed by atoms with Crippen molar-refractivity contribution in [1.82, 2.24) is 10.6 Å². The molecule has 2 N–H and O–H groups in total. The fraction of sp³-hybridized carbons (Fsp3) is 0.636. The molecule has 0 aromatic heterocycles. The summed E-state index contributed by atoms with van der Waals surface area (Å²) in [6.07, 6.45) is 1.01. The molecule has 0 aliphatic rings. The van der Waals surface area contributed by atoms with Crippen LogP contribution in [0, 0.1) is 5.92 Å². The van der Waals surface area contributed by atoms with Gasteiger partial charge in [0.2, 0.25) is 5.91 Å². The highest BCUT2D eigenvalue weighted by atomic mass is 16.5. The van der Waals surface area contributed by atoms with Crippen LogP contribution in [0.2, 0.25) is 0 Å². The molecule has 0 fully saturated rings. The maximum Gasteiger partial charge on any atom is 0.407 e. The van der Waals surface area contributed by atoms with Gasteiger partial charge in [-0.3, -0.25) is 4.79 Å². The number of amides is 2. The average Bonchev–Trinajstić information content (AvgIpc) is 2.24. The van der Waals surface area contributed by atoms with Gasteiger partial charge in [-0.25, -0.2) is 4.79 Å². The van der Waals surface area contributed by atoms with Crippen LogP contribution in [-0.2, 0) is 9.53 Å². The highest BCUT2D eigenvalue weighted by Gasteiger charge is 2.24. The van der Waals surface area contributed by atoms with Crippen molar-refractivity contribution in [2.45, 2.75) is 32.9 Å². The summed E-state index contributed by atoms with van der Waals surface area (Å²) < 4.78 is 4.46. The second-order valence-corrected chi connectivity index (χ2v) is 3.89. The second-order valence-electron chi connectivity index (χ2n) is 3.89. The van der Waals surface area contributed by atoms with Crippen LogP contribution in [0.25, 0.3) is 0 Å². The zero-order valence-electron chi connectivity index (χ0n) is 10.2. The zero-order valence-corrected chi connectivity index (χ0v) is 10.2. The Kier molecular flexibility index (Phi) is 6.22. The Morgan fingerprint density at radius 1 is 1.25 bits per heavy atom. The minimum atomic E-state index is -0.611. The topological polar surface area (TPSA) is 67.4 Å². The van der Waals surface area contributed by atoms with Gasteiger partial charge in [0.25, 0.3) is 0 Å². The van der Waals surface area contributed by atoms with Gasteiger partial charge in [0.1, 0.15) is 6.04 Å². The quantitative estimate of drug-likeness (QED) is 0.691. The van der Waals surface area contributed by atoms with Gasteiger partial charge in [-0.1, -0.05) is 19.9 Å². The van der Waals surface area contributed by atoms with Crippen LogP contribution in [-0.4, -0.2) is 31.2 Å². The molecule has 0 heterocycles. The van der Waals surface area contributed by atoms with Crippen molar-refractivity contribution in [3.05, 3.63) is 12.7 Å². The van der Waals surface area contributed by atoms with Crippen LogP contribution < -0.4 is 10.6 Å². The van der Waals surface area contributed by atoms with Gasteiger partial charge in [0.05, 0.1) is 7.11 Å². The fourth-order valence-corrected chi connectivity index (χ4v) is 1.09. The van der Waals surface area contributed by atoms with Crippen LogP contribution in [0.1, 0.15) is 20.8 Å². The van der Waals surface area contributed by atoms with Crippen molar-refractivity contribution in [3.63, 3.8) is 0 Å². The molecule has 5 nitrogen and oxygen atoms in total. The van der Waals surface area contributed by atoms with Crippen molar-refractivity contribution in [2.75, 3.05) is 7.11 Å². The highest BCUT2D eigenvalue weighted by Crippen LogP contribution is 2.02. The van der Waals surface area contributed by atoms with E-state index in [1.165, 1.54) is 7.11 Å². The van der Waals surface area contributed by atoms with E-state index >= 15 is 0 Å². The van der Waals surface area contributed by atoms with Crippen molar-refractivity contribution in [2.24, 2.45) is 5.92 Å². The molecule has 0 aromatic rings. The Labute approximate surface area is 96.2 Å². The largest absolute Gasteiger partial charge is 0.453 e. The smallest absolute Gasteiger partial charge is 0.407 e. The molecule has 0 radical (unpaired) electrons. The van der Waals surface area contributed by atoms with E-state index in [-0.39, 0.29) is 17.9 Å². The van der Waals surface area contributed by atoms with Crippen LogP contribution in [0.5, 0.6) is 0 Å². The minimum absolute atomic E-state index is 0.0175. The summed E-state index contributed by atoms with van der Waals surface area (Å²) >= 11 is 0. The van der Waals surface area contributed by atoms with E-state index < -0.39 is 12.1 Å². The Bertz CT molecular complexity index is 264. The molecular weight excluding hydrogens is 208 g/mol. The lowest BCUT2D eigenvalue weighted by atomic mass is 10.0. The van der Waals surface area contributed by atoms with Crippen LogP contribution in [0.15, 0.2) is 12.7 Å². The van der Waals surface area contributed by atoms with Gasteiger partial charge >= 0.3 is 6.09 Å². The lowest BCUT2D eigenvalue weighted by Gasteiger charge is -2.22. The standard InChI is InChI=1S/C11H20N2O3/c1-6-8(4)12-10(14)9(7(2)3)13-11(15)16-5/h6-9H,1H2,2-5H3,(H,12,14)(H,13,15)/t8-,9-/m1/s1. The van der Waals surface area contributed by atoms with Crippen molar-refractivity contribution < 1.29 is 14.3 Å². The number of rotatable bonds is 5. The first-order valence-electron chi connectivity index (χ1n) is 5.19. The molecular formula is C11H20N2O3. The number of hydrogen-bond acceptors (Lipinski definition) is 3. The molecule has 0 spiro atoms. The van der Waals surface area contributed by atoms with Crippen molar-refractivity contribution in [3.8, 4) is 0 Å². The molecule has 0 aromatic carbocycles. The molecule has 5 heteroatoms. The summed E-state index contributed by atoms with van der Waals surface area (Å²) in [4.78, 5) is 22.8. The van der Waals surface area contributed by atoms with Gasteiger partial charge in [0, 0.05) is 6.04 Å². The van der Waals surface area contributed by atoms with Gasteiger partial charge < -0.3 is 15.4 Å². The number of hydrogen-bond donors (Lipinski definition) is 2. The Balaban J connectivity index is 4.47. The monoisotopic (exact) mass is 228 g/mol. The Morgan fingerprint density at radius 3 is 2.19 bits per heavy atom. The normalized spacial score (nSPS) is 13.8.